The second-order valence-corrected chi connectivity index (χ2v) is 9.23. The smallest absolute Gasteiger partial charge is 0.253 e. The molecule has 2 heterocycles. The number of carbonyl (C=O) groups is 1. The summed E-state index contributed by atoms with van der Waals surface area (Å²) in [5.74, 6) is 1.38. The molecule has 6 heteroatoms. The van der Waals surface area contributed by atoms with Crippen LogP contribution >= 0.6 is 0 Å². The molecule has 2 saturated heterocycles. The molecule has 3 fully saturated rings. The van der Waals surface area contributed by atoms with Gasteiger partial charge in [0, 0.05) is 31.7 Å². The Labute approximate surface area is 143 Å². The molecule has 1 aromatic rings. The third-order valence-corrected chi connectivity index (χ3v) is 7.73. The van der Waals surface area contributed by atoms with Crippen molar-refractivity contribution in [1.29, 1.82) is 0 Å². The zero-order valence-corrected chi connectivity index (χ0v) is 14.7. The van der Waals surface area contributed by atoms with Gasteiger partial charge in [0.25, 0.3) is 5.91 Å². The molecule has 24 heavy (non-hydrogen) atoms. The summed E-state index contributed by atoms with van der Waals surface area (Å²) in [4.78, 5) is 14.9. The number of carbonyl (C=O) groups excluding carboxylic acids is 1. The first kappa shape index (κ1) is 16.1. The minimum absolute atomic E-state index is 0.0366. The molecule has 0 bridgehead atoms. The Balaban J connectivity index is 1.48. The minimum atomic E-state index is -3.40. The average Bonchev–Trinajstić information content (AvgIpc) is 3.30. The summed E-state index contributed by atoms with van der Waals surface area (Å²) >= 11 is 0. The van der Waals surface area contributed by atoms with Crippen LogP contribution < -0.4 is 0 Å². The topological polar surface area (TPSA) is 57.7 Å². The highest BCUT2D eigenvalue weighted by Crippen LogP contribution is 2.38. The van der Waals surface area contributed by atoms with Crippen molar-refractivity contribution >= 4 is 15.9 Å². The van der Waals surface area contributed by atoms with E-state index in [1.54, 1.807) is 24.3 Å². The Kier molecular flexibility index (Phi) is 4.12. The number of amides is 1. The lowest BCUT2D eigenvalue weighted by Crippen LogP contribution is -2.30. The summed E-state index contributed by atoms with van der Waals surface area (Å²) in [5, 5.41) is 0. The van der Waals surface area contributed by atoms with Crippen molar-refractivity contribution in [3.8, 4) is 0 Å². The fraction of sp³-hybridized carbons (Fsp3) is 0.611. The number of hydrogen-bond donors (Lipinski definition) is 0. The molecule has 0 radical (unpaired) electrons. The van der Waals surface area contributed by atoms with Crippen LogP contribution in [0, 0.1) is 11.8 Å². The fourth-order valence-electron chi connectivity index (χ4n) is 4.43. The summed E-state index contributed by atoms with van der Waals surface area (Å²) < 4.78 is 26.6. The predicted molar refractivity (Wildman–Crippen MR) is 91.2 cm³/mol. The van der Waals surface area contributed by atoms with Crippen LogP contribution in [0.2, 0.25) is 0 Å². The largest absolute Gasteiger partial charge is 0.338 e. The lowest BCUT2D eigenvalue weighted by Gasteiger charge is -2.18. The van der Waals surface area contributed by atoms with Crippen LogP contribution in [0.3, 0.4) is 0 Å². The molecule has 0 N–H and O–H groups in total. The van der Waals surface area contributed by atoms with E-state index >= 15 is 0 Å². The number of fused-ring (bicyclic) bond motifs is 1. The molecule has 2 aliphatic heterocycles. The molecule has 1 saturated carbocycles. The van der Waals surface area contributed by atoms with Gasteiger partial charge in [0.2, 0.25) is 10.0 Å². The summed E-state index contributed by atoms with van der Waals surface area (Å²) in [7, 11) is -3.40. The van der Waals surface area contributed by atoms with E-state index in [9.17, 15) is 13.2 Å². The third-order valence-electron chi connectivity index (χ3n) is 5.82. The normalized spacial score (nSPS) is 27.6. The van der Waals surface area contributed by atoms with Crippen LogP contribution in [-0.2, 0) is 10.0 Å². The van der Waals surface area contributed by atoms with Gasteiger partial charge in [0.1, 0.15) is 0 Å². The molecule has 1 aliphatic carbocycles. The van der Waals surface area contributed by atoms with Gasteiger partial charge >= 0.3 is 0 Å². The Hall–Kier alpha value is -1.40. The number of nitrogens with zero attached hydrogens (tertiary/aromatic N) is 2. The highest BCUT2D eigenvalue weighted by Gasteiger charge is 2.38. The molecule has 2 unspecified atom stereocenters. The molecular formula is C18H24N2O3S. The molecule has 130 valence electrons. The van der Waals surface area contributed by atoms with Gasteiger partial charge in [0.05, 0.1) is 4.90 Å². The van der Waals surface area contributed by atoms with Crippen LogP contribution in [0.25, 0.3) is 0 Å². The van der Waals surface area contributed by atoms with E-state index in [1.807, 2.05) is 4.90 Å². The minimum Gasteiger partial charge on any atom is -0.338 e. The van der Waals surface area contributed by atoms with Gasteiger partial charge in [-0.3, -0.25) is 4.79 Å². The number of hydrogen-bond acceptors (Lipinski definition) is 3. The van der Waals surface area contributed by atoms with Crippen molar-refractivity contribution in [2.75, 3.05) is 26.2 Å². The molecule has 5 nitrogen and oxygen atoms in total. The van der Waals surface area contributed by atoms with Crippen LogP contribution in [0.1, 0.15) is 42.5 Å². The van der Waals surface area contributed by atoms with Gasteiger partial charge in [0.15, 0.2) is 0 Å². The first-order chi connectivity index (χ1) is 11.6. The SMILES string of the molecule is O=C(c1ccc(S(=O)(=O)N2CCCC2)cc1)N1CC2CCCC2C1. The third kappa shape index (κ3) is 2.75. The molecule has 2 atom stereocenters. The maximum atomic E-state index is 12.7. The first-order valence-electron chi connectivity index (χ1n) is 8.95. The van der Waals surface area contributed by atoms with E-state index in [2.05, 4.69) is 0 Å². The highest BCUT2D eigenvalue weighted by atomic mass is 32.2. The van der Waals surface area contributed by atoms with E-state index in [4.69, 9.17) is 0 Å². The molecule has 4 rings (SSSR count). The van der Waals surface area contributed by atoms with Crippen molar-refractivity contribution in [3.05, 3.63) is 29.8 Å². The lowest BCUT2D eigenvalue weighted by atomic mass is 10.0. The number of benzene rings is 1. The summed E-state index contributed by atoms with van der Waals surface area (Å²) in [5.41, 5.74) is 0.593. The maximum absolute atomic E-state index is 12.7. The second kappa shape index (κ2) is 6.15. The Morgan fingerprint density at radius 3 is 2.08 bits per heavy atom. The number of sulfonamides is 1. The molecule has 3 aliphatic rings. The fourth-order valence-corrected chi connectivity index (χ4v) is 5.95. The molecular weight excluding hydrogens is 324 g/mol. The van der Waals surface area contributed by atoms with Gasteiger partial charge < -0.3 is 4.90 Å². The Morgan fingerprint density at radius 2 is 1.50 bits per heavy atom. The monoisotopic (exact) mass is 348 g/mol. The lowest BCUT2D eigenvalue weighted by molar-refractivity contribution is 0.0780. The summed E-state index contributed by atoms with van der Waals surface area (Å²) in [6, 6.07) is 6.49. The van der Waals surface area contributed by atoms with E-state index in [-0.39, 0.29) is 5.91 Å². The van der Waals surface area contributed by atoms with Crippen molar-refractivity contribution in [2.24, 2.45) is 11.8 Å². The standard InChI is InChI=1S/C18H24N2O3S/c21-18(19-12-15-4-3-5-16(15)13-19)14-6-8-17(9-7-14)24(22,23)20-10-1-2-11-20/h6-9,15-16H,1-5,10-13H2. The Bertz CT molecular complexity index is 711. The van der Waals surface area contributed by atoms with Crippen molar-refractivity contribution in [3.63, 3.8) is 0 Å². The van der Waals surface area contributed by atoms with E-state index < -0.39 is 10.0 Å². The van der Waals surface area contributed by atoms with Crippen LogP contribution in [0.5, 0.6) is 0 Å². The van der Waals surface area contributed by atoms with E-state index in [1.165, 1.54) is 23.6 Å². The quantitative estimate of drug-likeness (QED) is 0.842. The second-order valence-electron chi connectivity index (χ2n) is 7.30. The predicted octanol–water partition coefficient (Wildman–Crippen LogP) is 2.34. The van der Waals surface area contributed by atoms with Gasteiger partial charge in [-0.1, -0.05) is 6.42 Å². The van der Waals surface area contributed by atoms with Crippen LogP contribution in [0.4, 0.5) is 0 Å². The van der Waals surface area contributed by atoms with E-state index in [0.717, 1.165) is 25.9 Å². The van der Waals surface area contributed by atoms with E-state index in [0.29, 0.717) is 35.4 Å². The summed E-state index contributed by atoms with van der Waals surface area (Å²) in [6.45, 7) is 2.91. The highest BCUT2D eigenvalue weighted by molar-refractivity contribution is 7.89. The Morgan fingerprint density at radius 1 is 0.917 bits per heavy atom. The van der Waals surface area contributed by atoms with Crippen LogP contribution in [0.15, 0.2) is 29.2 Å². The van der Waals surface area contributed by atoms with Crippen molar-refractivity contribution in [2.45, 2.75) is 37.0 Å². The zero-order chi connectivity index (χ0) is 16.7. The molecule has 0 spiro atoms. The maximum Gasteiger partial charge on any atom is 0.253 e. The molecule has 1 aromatic carbocycles. The first-order valence-corrected chi connectivity index (χ1v) is 10.4. The van der Waals surface area contributed by atoms with Crippen molar-refractivity contribution in [1.82, 2.24) is 9.21 Å². The van der Waals surface area contributed by atoms with Gasteiger partial charge in [-0.2, -0.15) is 4.31 Å². The van der Waals surface area contributed by atoms with Gasteiger partial charge in [-0.15, -0.1) is 0 Å². The van der Waals surface area contributed by atoms with Crippen molar-refractivity contribution < 1.29 is 13.2 Å². The van der Waals surface area contributed by atoms with Gasteiger partial charge in [-0.05, 0) is 61.8 Å². The number of likely N-dealkylation sites (tertiary alicyclic amines) is 1. The van der Waals surface area contributed by atoms with Gasteiger partial charge in [-0.25, -0.2) is 8.42 Å². The van der Waals surface area contributed by atoms with Crippen LogP contribution in [-0.4, -0.2) is 49.7 Å². The summed E-state index contributed by atoms with van der Waals surface area (Å²) in [6.07, 6.45) is 5.61. The molecule has 1 amide bonds. The zero-order valence-electron chi connectivity index (χ0n) is 13.9. The average molecular weight is 348 g/mol. The molecule has 0 aromatic heterocycles. The number of rotatable bonds is 3.